The Balaban J connectivity index is 1.65. The van der Waals surface area contributed by atoms with E-state index in [-0.39, 0.29) is 5.91 Å². The molecule has 4 nitrogen and oxygen atoms in total. The number of hydrogen-bond acceptors (Lipinski definition) is 3. The highest BCUT2D eigenvalue weighted by Gasteiger charge is 2.17. The third kappa shape index (κ3) is 6.01. The van der Waals surface area contributed by atoms with Crippen molar-refractivity contribution in [2.45, 2.75) is 26.2 Å². The summed E-state index contributed by atoms with van der Waals surface area (Å²) >= 11 is 7.62. The van der Waals surface area contributed by atoms with Gasteiger partial charge in [0.25, 0.3) is 0 Å². The van der Waals surface area contributed by atoms with E-state index in [0.29, 0.717) is 10.8 Å². The zero-order valence-corrected chi connectivity index (χ0v) is 17.0. The molecule has 142 valence electrons. The Bertz CT molecular complexity index is 804. The van der Waals surface area contributed by atoms with Crippen molar-refractivity contribution in [1.82, 2.24) is 4.90 Å². The summed E-state index contributed by atoms with van der Waals surface area (Å²) in [5.41, 5.74) is 2.62. The predicted molar refractivity (Wildman–Crippen MR) is 116 cm³/mol. The Labute approximate surface area is 170 Å². The maximum absolute atomic E-state index is 12.4. The van der Waals surface area contributed by atoms with Gasteiger partial charge < -0.3 is 10.2 Å². The lowest BCUT2D eigenvalue weighted by Gasteiger charge is -2.29. The van der Waals surface area contributed by atoms with Crippen LogP contribution in [0.25, 0.3) is 0 Å². The summed E-state index contributed by atoms with van der Waals surface area (Å²) < 4.78 is 0. The topological polar surface area (TPSA) is 44.7 Å². The van der Waals surface area contributed by atoms with E-state index in [0.717, 1.165) is 35.2 Å². The number of piperidine rings is 1. The van der Waals surface area contributed by atoms with Gasteiger partial charge in [-0.1, -0.05) is 47.6 Å². The molecular formula is C21H24ClN3OS. The molecule has 0 atom stereocenters. The van der Waals surface area contributed by atoms with Crippen molar-refractivity contribution in [3.8, 4) is 0 Å². The number of benzene rings is 2. The standard InChI is InChI=1S/C21H24ClN3OS/c1-16-10-11-18(14-19(16)22)23-20(26)15-27-21(25-12-6-3-7-13-25)24-17-8-4-2-5-9-17/h2,4-5,8-11,14H,3,6-7,12-13,15H2,1H3,(H,23,26). The molecule has 0 aromatic heterocycles. The quantitative estimate of drug-likeness (QED) is 0.543. The van der Waals surface area contributed by atoms with Crippen molar-refractivity contribution in [2.24, 2.45) is 4.99 Å². The van der Waals surface area contributed by atoms with E-state index < -0.39 is 0 Å². The van der Waals surface area contributed by atoms with E-state index in [4.69, 9.17) is 16.6 Å². The average Bonchev–Trinajstić information content (AvgIpc) is 2.69. The number of halogens is 1. The van der Waals surface area contributed by atoms with Crippen LogP contribution in [0.4, 0.5) is 11.4 Å². The van der Waals surface area contributed by atoms with E-state index in [2.05, 4.69) is 10.2 Å². The fourth-order valence-electron chi connectivity index (χ4n) is 2.89. The Morgan fingerprint density at radius 1 is 1.15 bits per heavy atom. The summed E-state index contributed by atoms with van der Waals surface area (Å²) in [4.78, 5) is 19.5. The minimum Gasteiger partial charge on any atom is -0.351 e. The summed E-state index contributed by atoms with van der Waals surface area (Å²) in [5.74, 6) is 0.255. The zero-order valence-electron chi connectivity index (χ0n) is 15.5. The van der Waals surface area contributed by atoms with Crippen LogP contribution < -0.4 is 5.32 Å². The molecule has 0 aliphatic carbocycles. The fraction of sp³-hybridized carbons (Fsp3) is 0.333. The normalized spacial score (nSPS) is 14.9. The molecule has 0 saturated carbocycles. The molecule has 1 saturated heterocycles. The molecular weight excluding hydrogens is 378 g/mol. The Morgan fingerprint density at radius 2 is 1.89 bits per heavy atom. The van der Waals surface area contributed by atoms with Gasteiger partial charge in [-0.3, -0.25) is 4.79 Å². The molecule has 27 heavy (non-hydrogen) atoms. The molecule has 0 bridgehead atoms. The van der Waals surface area contributed by atoms with Crippen LogP contribution in [0.1, 0.15) is 24.8 Å². The van der Waals surface area contributed by atoms with Crippen molar-refractivity contribution in [3.63, 3.8) is 0 Å². The third-order valence-electron chi connectivity index (χ3n) is 4.40. The molecule has 1 aliphatic heterocycles. The van der Waals surface area contributed by atoms with Gasteiger partial charge in [-0.05, 0) is 56.0 Å². The number of carbonyl (C=O) groups excluding carboxylic acids is 1. The van der Waals surface area contributed by atoms with Gasteiger partial charge in [0.15, 0.2) is 5.17 Å². The molecule has 1 amide bonds. The number of hydrogen-bond donors (Lipinski definition) is 1. The van der Waals surface area contributed by atoms with Crippen molar-refractivity contribution in [2.75, 3.05) is 24.2 Å². The Hall–Kier alpha value is -1.98. The third-order valence-corrected chi connectivity index (χ3v) is 5.82. The van der Waals surface area contributed by atoms with Gasteiger partial charge in [0, 0.05) is 23.8 Å². The molecule has 1 fully saturated rings. The number of para-hydroxylation sites is 1. The van der Waals surface area contributed by atoms with Crippen molar-refractivity contribution in [1.29, 1.82) is 0 Å². The second-order valence-corrected chi connectivity index (χ2v) is 7.93. The highest BCUT2D eigenvalue weighted by atomic mass is 35.5. The second-order valence-electron chi connectivity index (χ2n) is 6.58. The summed E-state index contributed by atoms with van der Waals surface area (Å²) in [6, 6.07) is 15.5. The highest BCUT2D eigenvalue weighted by molar-refractivity contribution is 8.14. The number of anilines is 1. The van der Waals surface area contributed by atoms with Crippen molar-refractivity contribution >= 4 is 45.8 Å². The number of aryl methyl sites for hydroxylation is 1. The largest absolute Gasteiger partial charge is 0.351 e. The number of thioether (sulfide) groups is 1. The zero-order chi connectivity index (χ0) is 19.1. The maximum Gasteiger partial charge on any atom is 0.234 e. The van der Waals surface area contributed by atoms with Gasteiger partial charge in [-0.2, -0.15) is 0 Å². The predicted octanol–water partition coefficient (Wildman–Crippen LogP) is 5.49. The fourth-order valence-corrected chi connectivity index (χ4v) is 3.94. The number of nitrogens with zero attached hydrogens (tertiary/aromatic N) is 2. The molecule has 0 unspecified atom stereocenters. The number of amides is 1. The van der Waals surface area contributed by atoms with Crippen LogP contribution in [0.2, 0.25) is 5.02 Å². The molecule has 1 N–H and O–H groups in total. The van der Waals surface area contributed by atoms with Crippen LogP contribution in [-0.2, 0) is 4.79 Å². The summed E-state index contributed by atoms with van der Waals surface area (Å²) in [6.45, 7) is 3.93. The first-order chi connectivity index (χ1) is 13.1. The van der Waals surface area contributed by atoms with Crippen LogP contribution in [0.5, 0.6) is 0 Å². The minimum absolute atomic E-state index is 0.0577. The van der Waals surface area contributed by atoms with Crippen LogP contribution in [0.15, 0.2) is 53.5 Å². The minimum atomic E-state index is -0.0577. The first kappa shape index (κ1) is 19.8. The van der Waals surface area contributed by atoms with Crippen LogP contribution in [-0.4, -0.2) is 34.8 Å². The first-order valence-electron chi connectivity index (χ1n) is 9.19. The lowest BCUT2D eigenvalue weighted by molar-refractivity contribution is -0.113. The lowest BCUT2D eigenvalue weighted by atomic mass is 10.1. The molecule has 3 rings (SSSR count). The molecule has 1 heterocycles. The molecule has 1 aliphatic rings. The van der Waals surface area contributed by atoms with Crippen LogP contribution in [0.3, 0.4) is 0 Å². The van der Waals surface area contributed by atoms with E-state index in [9.17, 15) is 4.79 Å². The van der Waals surface area contributed by atoms with Crippen LogP contribution in [0, 0.1) is 6.92 Å². The maximum atomic E-state index is 12.4. The summed E-state index contributed by atoms with van der Waals surface area (Å²) in [5, 5.41) is 4.48. The number of rotatable bonds is 4. The van der Waals surface area contributed by atoms with Crippen molar-refractivity contribution < 1.29 is 4.79 Å². The monoisotopic (exact) mass is 401 g/mol. The average molecular weight is 402 g/mol. The summed E-state index contributed by atoms with van der Waals surface area (Å²) in [7, 11) is 0. The lowest BCUT2D eigenvalue weighted by Crippen LogP contribution is -2.34. The first-order valence-corrected chi connectivity index (χ1v) is 10.6. The number of likely N-dealkylation sites (tertiary alicyclic amines) is 1. The van der Waals surface area contributed by atoms with E-state index >= 15 is 0 Å². The smallest absolute Gasteiger partial charge is 0.234 e. The molecule has 0 radical (unpaired) electrons. The SMILES string of the molecule is Cc1ccc(NC(=O)CSC(=Nc2ccccc2)N2CCCCC2)cc1Cl. The molecule has 6 heteroatoms. The Morgan fingerprint density at radius 3 is 2.59 bits per heavy atom. The summed E-state index contributed by atoms with van der Waals surface area (Å²) in [6.07, 6.45) is 3.60. The second kappa shape index (κ2) is 9.81. The van der Waals surface area contributed by atoms with Gasteiger partial charge in [0.2, 0.25) is 5.91 Å². The van der Waals surface area contributed by atoms with E-state index in [1.165, 1.54) is 31.0 Å². The van der Waals surface area contributed by atoms with E-state index in [1.807, 2.05) is 49.4 Å². The molecule has 0 spiro atoms. The van der Waals surface area contributed by atoms with Gasteiger partial charge in [-0.15, -0.1) is 0 Å². The van der Waals surface area contributed by atoms with Crippen LogP contribution >= 0.6 is 23.4 Å². The van der Waals surface area contributed by atoms with Gasteiger partial charge in [0.1, 0.15) is 0 Å². The van der Waals surface area contributed by atoms with Gasteiger partial charge in [-0.25, -0.2) is 4.99 Å². The number of nitrogens with one attached hydrogen (secondary N) is 1. The van der Waals surface area contributed by atoms with Gasteiger partial charge in [0.05, 0.1) is 11.4 Å². The number of amidine groups is 1. The number of carbonyl (C=O) groups is 1. The Kier molecular flexibility index (Phi) is 7.18. The van der Waals surface area contributed by atoms with E-state index in [1.54, 1.807) is 6.07 Å². The molecule has 2 aromatic carbocycles. The molecule has 2 aromatic rings. The number of aliphatic imine (C=N–C) groups is 1. The highest BCUT2D eigenvalue weighted by Crippen LogP contribution is 2.22. The van der Waals surface area contributed by atoms with Gasteiger partial charge >= 0.3 is 0 Å². The van der Waals surface area contributed by atoms with Crippen molar-refractivity contribution in [3.05, 3.63) is 59.1 Å².